The highest BCUT2D eigenvalue weighted by atomic mass is 35.5. The quantitative estimate of drug-likeness (QED) is 0.289. The molecule has 0 bridgehead atoms. The van der Waals surface area contributed by atoms with Crippen molar-refractivity contribution < 1.29 is 19.6 Å². The fraction of sp³-hybridized carbons (Fsp3) is 0.538. The van der Waals surface area contributed by atoms with Gasteiger partial charge in [-0.1, -0.05) is 29.4 Å². The minimum absolute atomic E-state index is 0.129. The Labute approximate surface area is 231 Å². The lowest BCUT2D eigenvalue weighted by Crippen LogP contribution is -2.44. The van der Waals surface area contributed by atoms with Crippen LogP contribution < -0.4 is 14.9 Å². The number of nitrogens with one attached hydrogen (secondary N) is 2. The van der Waals surface area contributed by atoms with Gasteiger partial charge in [-0.15, -0.1) is 4.72 Å². The topological polar surface area (TPSA) is 121 Å². The lowest BCUT2D eigenvalue weighted by atomic mass is 9.90. The predicted molar refractivity (Wildman–Crippen MR) is 151 cm³/mol. The molecule has 2 aromatic rings. The van der Waals surface area contributed by atoms with Crippen LogP contribution in [0.5, 0.6) is 0 Å². The number of carboxylic acid groups (broad SMARTS) is 1. The molecule has 0 saturated carbocycles. The first-order chi connectivity index (χ1) is 17.3. The van der Waals surface area contributed by atoms with E-state index in [-0.39, 0.29) is 6.61 Å². The molecule has 1 saturated heterocycles. The van der Waals surface area contributed by atoms with Crippen molar-refractivity contribution in [3.8, 4) is 0 Å². The predicted octanol–water partition coefficient (Wildman–Crippen LogP) is 5.19. The average molecular weight is 569 g/mol. The van der Waals surface area contributed by atoms with Crippen LogP contribution in [0.3, 0.4) is 0 Å². The van der Waals surface area contributed by atoms with E-state index in [1.807, 2.05) is 46.8 Å². The number of halogens is 1. The Morgan fingerprint density at radius 3 is 2.68 bits per heavy atom. The van der Waals surface area contributed by atoms with Gasteiger partial charge in [-0.2, -0.15) is 0 Å². The third kappa shape index (κ3) is 8.40. The first-order valence-electron chi connectivity index (χ1n) is 12.3. The van der Waals surface area contributed by atoms with E-state index in [2.05, 4.69) is 26.0 Å². The average Bonchev–Trinajstić information content (AvgIpc) is 3.25. The van der Waals surface area contributed by atoms with E-state index < -0.39 is 27.7 Å². The van der Waals surface area contributed by atoms with Crippen LogP contribution in [0.25, 0.3) is 0 Å². The second-order valence-electron chi connectivity index (χ2n) is 11.0. The Bertz CT molecular complexity index is 1100. The highest BCUT2D eigenvalue weighted by molar-refractivity contribution is 7.99. The number of anilines is 1. The monoisotopic (exact) mass is 568 g/mol. The van der Waals surface area contributed by atoms with E-state index in [1.165, 1.54) is 11.8 Å². The van der Waals surface area contributed by atoms with Gasteiger partial charge in [0.1, 0.15) is 9.77 Å². The molecule has 11 heteroatoms. The fourth-order valence-electron chi connectivity index (χ4n) is 4.45. The van der Waals surface area contributed by atoms with Crippen LogP contribution in [0.15, 0.2) is 40.4 Å². The third-order valence-corrected chi connectivity index (χ3v) is 9.35. The maximum Gasteiger partial charge on any atom is 0.405 e. The van der Waals surface area contributed by atoms with Crippen molar-refractivity contribution in [2.75, 3.05) is 18.0 Å². The Balaban J connectivity index is 1.87. The SMILES string of the molecule is CC(C)(CC1CCN(c2cc(Cl)c(Sc3ncccc3CO)c(CN[S+]([O-])C(C)(C)C)c2)C1)NC(=O)O. The summed E-state index contributed by atoms with van der Waals surface area (Å²) in [5.41, 5.74) is 2.08. The minimum atomic E-state index is -1.26. The lowest BCUT2D eigenvalue weighted by Gasteiger charge is -2.28. The van der Waals surface area contributed by atoms with E-state index in [4.69, 9.17) is 16.7 Å². The van der Waals surface area contributed by atoms with Crippen LogP contribution >= 0.6 is 23.4 Å². The van der Waals surface area contributed by atoms with Gasteiger partial charge in [-0.3, -0.25) is 0 Å². The number of aromatic nitrogens is 1. The van der Waals surface area contributed by atoms with Gasteiger partial charge in [-0.05, 0) is 77.1 Å². The maximum atomic E-state index is 12.7. The van der Waals surface area contributed by atoms with Crippen molar-refractivity contribution >= 4 is 46.5 Å². The molecule has 2 unspecified atom stereocenters. The molecule has 204 valence electrons. The van der Waals surface area contributed by atoms with Crippen LogP contribution in [0.1, 0.15) is 58.6 Å². The van der Waals surface area contributed by atoms with E-state index in [9.17, 15) is 14.5 Å². The third-order valence-electron chi connectivity index (χ3n) is 6.17. The number of aliphatic hydroxyl groups is 1. The molecule has 3 rings (SSSR count). The zero-order valence-electron chi connectivity index (χ0n) is 22.0. The lowest BCUT2D eigenvalue weighted by molar-refractivity contribution is 0.177. The number of carbonyl (C=O) groups is 1. The van der Waals surface area contributed by atoms with E-state index in [0.29, 0.717) is 28.1 Å². The van der Waals surface area contributed by atoms with Gasteiger partial charge < -0.3 is 25.0 Å². The molecule has 4 N–H and O–H groups in total. The molecule has 0 aliphatic carbocycles. The number of amides is 1. The van der Waals surface area contributed by atoms with Crippen molar-refractivity contribution in [2.45, 2.75) is 80.8 Å². The number of hydrogen-bond acceptors (Lipinski definition) is 7. The number of benzene rings is 1. The van der Waals surface area contributed by atoms with Gasteiger partial charge >= 0.3 is 6.09 Å². The Morgan fingerprint density at radius 1 is 1.30 bits per heavy atom. The van der Waals surface area contributed by atoms with Crippen molar-refractivity contribution in [1.82, 2.24) is 15.0 Å². The molecule has 37 heavy (non-hydrogen) atoms. The van der Waals surface area contributed by atoms with Crippen LogP contribution in [0, 0.1) is 5.92 Å². The van der Waals surface area contributed by atoms with Crippen LogP contribution in [-0.4, -0.2) is 49.2 Å². The Kier molecular flexibility index (Phi) is 10.0. The van der Waals surface area contributed by atoms with Crippen LogP contribution in [0.2, 0.25) is 5.02 Å². The molecule has 1 fully saturated rings. The summed E-state index contributed by atoms with van der Waals surface area (Å²) in [6.45, 7) is 11.4. The molecule has 1 aliphatic rings. The summed E-state index contributed by atoms with van der Waals surface area (Å²) in [6.07, 6.45) is 2.36. The zero-order chi connectivity index (χ0) is 27.4. The highest BCUT2D eigenvalue weighted by Gasteiger charge is 2.31. The number of rotatable bonds is 10. The van der Waals surface area contributed by atoms with E-state index in [0.717, 1.165) is 42.1 Å². The number of aliphatic hydroxyl groups excluding tert-OH is 1. The second-order valence-corrected chi connectivity index (χ2v) is 14.4. The smallest absolute Gasteiger partial charge is 0.405 e. The molecule has 2 atom stereocenters. The molecule has 0 spiro atoms. The van der Waals surface area contributed by atoms with Gasteiger partial charge in [0.2, 0.25) is 0 Å². The molecular formula is C26H37ClN4O4S2. The van der Waals surface area contributed by atoms with Gasteiger partial charge in [0, 0.05) is 52.3 Å². The maximum absolute atomic E-state index is 12.7. The first kappa shape index (κ1) is 29.9. The second kappa shape index (κ2) is 12.4. The normalized spacial score (nSPS) is 17.2. The summed E-state index contributed by atoms with van der Waals surface area (Å²) in [6, 6.07) is 7.63. The standard InChI is InChI=1S/C26H37ClN4O4S2/c1-25(2,3)37(35)29-14-19-11-20(31-10-8-17(15-31)13-26(4,5)30-24(33)34)12-21(27)22(19)36-23-18(16-32)7-6-9-28-23/h6-7,9,11-12,17,29-30,32H,8,10,13-16H2,1-5H3,(H,33,34). The molecule has 1 aromatic heterocycles. The molecular weight excluding hydrogens is 532 g/mol. The largest absolute Gasteiger partial charge is 0.598 e. The highest BCUT2D eigenvalue weighted by Crippen LogP contribution is 2.41. The molecule has 1 amide bonds. The summed E-state index contributed by atoms with van der Waals surface area (Å²) in [5.74, 6) is 0.338. The van der Waals surface area contributed by atoms with Crippen molar-refractivity contribution in [3.05, 3.63) is 46.6 Å². The number of hydrogen-bond donors (Lipinski definition) is 4. The summed E-state index contributed by atoms with van der Waals surface area (Å²) in [5, 5.41) is 22.7. The summed E-state index contributed by atoms with van der Waals surface area (Å²) >= 11 is 6.98. The Hall–Kier alpha value is -1.69. The van der Waals surface area contributed by atoms with E-state index >= 15 is 0 Å². The summed E-state index contributed by atoms with van der Waals surface area (Å²) < 4.78 is 15.5. The summed E-state index contributed by atoms with van der Waals surface area (Å²) in [4.78, 5) is 18.6. The van der Waals surface area contributed by atoms with Crippen molar-refractivity contribution in [1.29, 1.82) is 0 Å². The first-order valence-corrected chi connectivity index (χ1v) is 14.6. The van der Waals surface area contributed by atoms with Crippen LogP contribution in [0.4, 0.5) is 10.5 Å². The number of pyridine rings is 1. The molecule has 2 heterocycles. The summed E-state index contributed by atoms with van der Waals surface area (Å²) in [7, 11) is 0. The molecule has 1 aliphatic heterocycles. The number of nitrogens with zero attached hydrogens (tertiary/aromatic N) is 2. The van der Waals surface area contributed by atoms with Gasteiger partial charge in [0.25, 0.3) is 0 Å². The van der Waals surface area contributed by atoms with Gasteiger partial charge in [-0.25, -0.2) is 9.78 Å². The van der Waals surface area contributed by atoms with E-state index in [1.54, 1.807) is 12.3 Å². The minimum Gasteiger partial charge on any atom is -0.598 e. The van der Waals surface area contributed by atoms with Crippen LogP contribution in [-0.2, 0) is 24.5 Å². The molecule has 0 radical (unpaired) electrons. The van der Waals surface area contributed by atoms with Gasteiger partial charge in [0.05, 0.1) is 18.2 Å². The van der Waals surface area contributed by atoms with Gasteiger partial charge in [0.15, 0.2) is 0 Å². The zero-order valence-corrected chi connectivity index (χ0v) is 24.4. The van der Waals surface area contributed by atoms with Crippen molar-refractivity contribution in [2.24, 2.45) is 5.92 Å². The van der Waals surface area contributed by atoms with Crippen molar-refractivity contribution in [3.63, 3.8) is 0 Å². The molecule has 8 nitrogen and oxygen atoms in total. The Morgan fingerprint density at radius 2 is 2.03 bits per heavy atom. The fourth-order valence-corrected chi connectivity index (χ4v) is 6.51. The molecule has 1 aromatic carbocycles.